The van der Waals surface area contributed by atoms with Crippen LogP contribution >= 0.6 is 15.9 Å². The van der Waals surface area contributed by atoms with Crippen LogP contribution in [0.3, 0.4) is 0 Å². The fourth-order valence-electron chi connectivity index (χ4n) is 1.63. The van der Waals surface area contributed by atoms with Crippen molar-refractivity contribution in [3.05, 3.63) is 51.9 Å². The number of aliphatic hydroxyl groups is 1. The summed E-state index contributed by atoms with van der Waals surface area (Å²) in [7, 11) is 0. The maximum atomic E-state index is 12.6. The van der Waals surface area contributed by atoms with Gasteiger partial charge >= 0.3 is 6.18 Å². The Hall–Kier alpha value is -1.47. The Kier molecular flexibility index (Phi) is 3.60. The molecule has 2 rings (SSSR count). The molecule has 3 nitrogen and oxygen atoms in total. The smallest absolute Gasteiger partial charge is 0.416 e. The van der Waals surface area contributed by atoms with Crippen LogP contribution in [-0.2, 0) is 6.18 Å². The van der Waals surface area contributed by atoms with Crippen LogP contribution in [0.5, 0.6) is 0 Å². The Labute approximate surface area is 115 Å². The fourth-order valence-corrected chi connectivity index (χ4v) is 2.05. The highest BCUT2D eigenvalue weighted by Gasteiger charge is 2.32. The van der Waals surface area contributed by atoms with Crippen molar-refractivity contribution in [2.45, 2.75) is 12.3 Å². The summed E-state index contributed by atoms with van der Waals surface area (Å²) < 4.78 is 43.4. The largest absolute Gasteiger partial charge is 0.465 e. The maximum absolute atomic E-state index is 12.6. The minimum Gasteiger partial charge on any atom is -0.465 e. The predicted octanol–water partition coefficient (Wildman–Crippen LogP) is 3.72. The Morgan fingerprint density at radius 3 is 2.47 bits per heavy atom. The van der Waals surface area contributed by atoms with E-state index in [1.54, 1.807) is 0 Å². The van der Waals surface area contributed by atoms with Gasteiger partial charge in [0.15, 0.2) is 5.76 Å². The van der Waals surface area contributed by atoms with Crippen LogP contribution in [0.25, 0.3) is 0 Å². The van der Waals surface area contributed by atoms with E-state index in [-0.39, 0.29) is 17.0 Å². The van der Waals surface area contributed by atoms with Gasteiger partial charge in [-0.2, -0.15) is 13.2 Å². The first-order valence-corrected chi connectivity index (χ1v) is 5.97. The molecule has 3 N–H and O–H groups in total. The predicted molar refractivity (Wildman–Crippen MR) is 66.3 cm³/mol. The third-order valence-corrected chi connectivity index (χ3v) is 3.26. The number of nitrogens with two attached hydrogens (primary N) is 1. The van der Waals surface area contributed by atoms with Gasteiger partial charge in [0.25, 0.3) is 0 Å². The van der Waals surface area contributed by atoms with Crippen LogP contribution in [0.1, 0.15) is 23.0 Å². The summed E-state index contributed by atoms with van der Waals surface area (Å²) >= 11 is 3.13. The molecule has 0 aliphatic rings. The van der Waals surface area contributed by atoms with Crippen molar-refractivity contribution in [3.8, 4) is 0 Å². The molecule has 0 radical (unpaired) electrons. The van der Waals surface area contributed by atoms with E-state index in [0.717, 1.165) is 18.2 Å². The second-order valence-corrected chi connectivity index (χ2v) is 4.73. The Bertz CT molecular complexity index is 595. The molecule has 0 amide bonds. The number of alkyl halides is 3. The minimum atomic E-state index is -4.50. The van der Waals surface area contributed by atoms with Crippen LogP contribution < -0.4 is 5.73 Å². The SMILES string of the molecule is Nc1ccc(C(F)(F)F)cc1C(O)c1occc1Br. The highest BCUT2D eigenvalue weighted by atomic mass is 79.9. The molecule has 0 aliphatic carbocycles. The van der Waals surface area contributed by atoms with Crippen LogP contribution in [0.2, 0.25) is 0 Å². The molecule has 102 valence electrons. The van der Waals surface area contributed by atoms with Gasteiger partial charge < -0.3 is 15.3 Å². The highest BCUT2D eigenvalue weighted by molar-refractivity contribution is 9.10. The molecule has 0 saturated carbocycles. The summed E-state index contributed by atoms with van der Waals surface area (Å²) in [4.78, 5) is 0. The van der Waals surface area contributed by atoms with Crippen molar-refractivity contribution in [2.24, 2.45) is 0 Å². The molecule has 0 saturated heterocycles. The maximum Gasteiger partial charge on any atom is 0.416 e. The van der Waals surface area contributed by atoms with Gasteiger partial charge in [0.1, 0.15) is 6.10 Å². The van der Waals surface area contributed by atoms with Gasteiger partial charge in [0.2, 0.25) is 0 Å². The molecule has 1 aromatic heterocycles. The average Bonchev–Trinajstić information content (AvgIpc) is 2.73. The zero-order valence-corrected chi connectivity index (χ0v) is 11.0. The van der Waals surface area contributed by atoms with Gasteiger partial charge in [-0.05, 0) is 40.2 Å². The van der Waals surface area contributed by atoms with Gasteiger partial charge in [-0.25, -0.2) is 0 Å². The monoisotopic (exact) mass is 335 g/mol. The summed E-state index contributed by atoms with van der Waals surface area (Å²) in [5.41, 5.74) is 4.74. The Balaban J connectivity index is 2.47. The number of hydrogen-bond acceptors (Lipinski definition) is 3. The molecule has 1 heterocycles. The van der Waals surface area contributed by atoms with E-state index in [4.69, 9.17) is 10.2 Å². The van der Waals surface area contributed by atoms with E-state index in [9.17, 15) is 18.3 Å². The lowest BCUT2D eigenvalue weighted by molar-refractivity contribution is -0.137. The lowest BCUT2D eigenvalue weighted by Gasteiger charge is -2.15. The first-order chi connectivity index (χ1) is 8.80. The van der Waals surface area contributed by atoms with Gasteiger partial charge in [-0.3, -0.25) is 0 Å². The normalized spacial score (nSPS) is 13.5. The molecular formula is C12H9BrF3NO2. The number of benzene rings is 1. The number of nitrogen functional groups attached to an aromatic ring is 1. The lowest BCUT2D eigenvalue weighted by Crippen LogP contribution is -2.09. The third kappa shape index (κ3) is 2.76. The van der Waals surface area contributed by atoms with Crippen LogP contribution in [0, 0.1) is 0 Å². The van der Waals surface area contributed by atoms with Crippen molar-refractivity contribution in [2.75, 3.05) is 5.73 Å². The van der Waals surface area contributed by atoms with Gasteiger partial charge in [0.05, 0.1) is 16.3 Å². The topological polar surface area (TPSA) is 59.4 Å². The van der Waals surface area contributed by atoms with Crippen LogP contribution in [-0.4, -0.2) is 5.11 Å². The lowest BCUT2D eigenvalue weighted by atomic mass is 10.0. The van der Waals surface area contributed by atoms with Gasteiger partial charge in [-0.1, -0.05) is 0 Å². The van der Waals surface area contributed by atoms with E-state index >= 15 is 0 Å². The molecule has 2 aromatic rings. The summed E-state index contributed by atoms with van der Waals surface area (Å²) in [5.74, 6) is 0.103. The number of aliphatic hydroxyl groups excluding tert-OH is 1. The van der Waals surface area contributed by atoms with E-state index in [1.807, 2.05) is 0 Å². The molecule has 0 fully saturated rings. The summed E-state index contributed by atoms with van der Waals surface area (Å²) in [6.45, 7) is 0. The minimum absolute atomic E-state index is 0.0505. The van der Waals surface area contributed by atoms with E-state index in [1.165, 1.54) is 12.3 Å². The standard InChI is InChI=1S/C12H9BrF3NO2/c13-8-3-4-19-11(8)10(18)7-5-6(12(14,15)16)1-2-9(7)17/h1-5,10,18H,17H2. The van der Waals surface area contributed by atoms with Crippen molar-refractivity contribution in [1.82, 2.24) is 0 Å². The fraction of sp³-hybridized carbons (Fsp3) is 0.167. The van der Waals surface area contributed by atoms with Gasteiger partial charge in [0, 0.05) is 11.3 Å². The molecule has 0 aliphatic heterocycles. The van der Waals surface area contributed by atoms with Crippen molar-refractivity contribution in [1.29, 1.82) is 0 Å². The molecule has 1 aromatic carbocycles. The second-order valence-electron chi connectivity index (χ2n) is 3.88. The molecule has 19 heavy (non-hydrogen) atoms. The second kappa shape index (κ2) is 4.90. The molecule has 0 spiro atoms. The van der Waals surface area contributed by atoms with Crippen molar-refractivity contribution >= 4 is 21.6 Å². The summed E-state index contributed by atoms with van der Waals surface area (Å²) in [6, 6.07) is 4.32. The number of hydrogen-bond donors (Lipinski definition) is 2. The molecule has 0 bridgehead atoms. The van der Waals surface area contributed by atoms with Crippen molar-refractivity contribution < 1.29 is 22.7 Å². The Morgan fingerprint density at radius 1 is 1.26 bits per heavy atom. The molecule has 1 atom stereocenters. The summed E-state index contributed by atoms with van der Waals surface area (Å²) in [5, 5.41) is 10.1. The number of anilines is 1. The zero-order valence-electron chi connectivity index (χ0n) is 9.41. The molecule has 1 unspecified atom stereocenters. The molecule has 7 heteroatoms. The zero-order chi connectivity index (χ0) is 14.2. The first-order valence-electron chi connectivity index (χ1n) is 5.18. The van der Waals surface area contributed by atoms with E-state index < -0.39 is 17.8 Å². The third-order valence-electron chi connectivity index (χ3n) is 2.60. The van der Waals surface area contributed by atoms with Crippen molar-refractivity contribution in [3.63, 3.8) is 0 Å². The number of rotatable bonds is 2. The highest BCUT2D eigenvalue weighted by Crippen LogP contribution is 2.36. The number of furan rings is 1. The Morgan fingerprint density at radius 2 is 1.95 bits per heavy atom. The van der Waals surface area contributed by atoms with Crippen LogP contribution in [0.4, 0.5) is 18.9 Å². The van der Waals surface area contributed by atoms with E-state index in [0.29, 0.717) is 4.47 Å². The first kappa shape index (κ1) is 14.0. The van der Waals surface area contributed by atoms with E-state index in [2.05, 4.69) is 15.9 Å². The molecular weight excluding hydrogens is 327 g/mol. The van der Waals surface area contributed by atoms with Crippen LogP contribution in [0.15, 0.2) is 39.4 Å². The summed E-state index contributed by atoms with van der Waals surface area (Å²) in [6.07, 6.45) is -4.55. The average molecular weight is 336 g/mol. The quantitative estimate of drug-likeness (QED) is 0.822. The van der Waals surface area contributed by atoms with Gasteiger partial charge in [-0.15, -0.1) is 0 Å². The number of halogens is 4.